The summed E-state index contributed by atoms with van der Waals surface area (Å²) in [5.74, 6) is 0.470. The molecule has 0 spiro atoms. The molecule has 2 aliphatic rings. The fourth-order valence-electron chi connectivity index (χ4n) is 3.43. The Bertz CT molecular complexity index is 612. The van der Waals surface area contributed by atoms with Gasteiger partial charge in [-0.05, 0) is 38.7 Å². The van der Waals surface area contributed by atoms with Gasteiger partial charge < -0.3 is 4.74 Å². The van der Waals surface area contributed by atoms with Crippen LogP contribution in [-0.2, 0) is 10.0 Å². The lowest BCUT2D eigenvalue weighted by Gasteiger charge is -2.35. The Morgan fingerprint density at radius 3 is 2.57 bits per heavy atom. The van der Waals surface area contributed by atoms with Gasteiger partial charge in [-0.3, -0.25) is 0 Å². The van der Waals surface area contributed by atoms with Crippen LogP contribution >= 0.6 is 0 Å². The SMILES string of the molecule is Cc1ccc(O[C@@H]2CCCN(S(=O)(=O)C3CCCCC3)C2)nn1. The largest absolute Gasteiger partial charge is 0.472 e. The summed E-state index contributed by atoms with van der Waals surface area (Å²) in [5.41, 5.74) is 0.836. The van der Waals surface area contributed by atoms with Gasteiger partial charge in [0.05, 0.1) is 17.5 Å². The Kier molecular flexibility index (Phi) is 5.16. The summed E-state index contributed by atoms with van der Waals surface area (Å²) in [6.07, 6.45) is 6.35. The highest BCUT2D eigenvalue weighted by Gasteiger charge is 2.36. The predicted molar refractivity (Wildman–Crippen MR) is 87.8 cm³/mol. The van der Waals surface area contributed by atoms with E-state index < -0.39 is 10.0 Å². The zero-order chi connectivity index (χ0) is 16.3. The minimum Gasteiger partial charge on any atom is -0.472 e. The normalized spacial score (nSPS) is 24.5. The number of aryl methyl sites for hydroxylation is 1. The Balaban J connectivity index is 1.64. The Morgan fingerprint density at radius 1 is 1.09 bits per heavy atom. The minimum atomic E-state index is -3.20. The summed E-state index contributed by atoms with van der Waals surface area (Å²) >= 11 is 0. The van der Waals surface area contributed by atoms with Gasteiger partial charge in [-0.1, -0.05) is 19.3 Å². The minimum absolute atomic E-state index is 0.140. The molecule has 2 fully saturated rings. The maximum absolute atomic E-state index is 12.8. The van der Waals surface area contributed by atoms with Crippen molar-refractivity contribution in [2.24, 2.45) is 0 Å². The molecule has 1 aliphatic heterocycles. The van der Waals surface area contributed by atoms with Crippen LogP contribution in [0.5, 0.6) is 5.88 Å². The van der Waals surface area contributed by atoms with Gasteiger partial charge in [0.25, 0.3) is 0 Å². The van der Waals surface area contributed by atoms with Gasteiger partial charge in [0.15, 0.2) is 0 Å². The van der Waals surface area contributed by atoms with E-state index in [-0.39, 0.29) is 11.4 Å². The summed E-state index contributed by atoms with van der Waals surface area (Å²) in [6.45, 7) is 2.91. The van der Waals surface area contributed by atoms with E-state index in [0.717, 1.165) is 50.6 Å². The van der Waals surface area contributed by atoms with Crippen molar-refractivity contribution in [2.75, 3.05) is 13.1 Å². The molecule has 0 radical (unpaired) electrons. The summed E-state index contributed by atoms with van der Waals surface area (Å²) < 4.78 is 33.1. The van der Waals surface area contributed by atoms with E-state index in [1.54, 1.807) is 10.4 Å². The maximum Gasteiger partial charge on any atom is 0.233 e. The molecule has 1 aromatic rings. The van der Waals surface area contributed by atoms with Crippen molar-refractivity contribution in [3.8, 4) is 5.88 Å². The number of aromatic nitrogens is 2. The summed E-state index contributed by atoms with van der Waals surface area (Å²) in [4.78, 5) is 0. The van der Waals surface area contributed by atoms with E-state index in [1.807, 2.05) is 13.0 Å². The second kappa shape index (κ2) is 7.13. The molecule has 1 aromatic heterocycles. The molecule has 1 aliphatic carbocycles. The van der Waals surface area contributed by atoms with Crippen LogP contribution in [0.3, 0.4) is 0 Å². The third kappa shape index (κ3) is 4.01. The molecule has 0 bridgehead atoms. The highest BCUT2D eigenvalue weighted by atomic mass is 32.2. The van der Waals surface area contributed by atoms with Crippen molar-refractivity contribution in [1.82, 2.24) is 14.5 Å². The molecular formula is C16H25N3O3S. The standard InChI is InChI=1S/C16H25N3O3S/c1-13-9-10-16(18-17-13)22-14-6-5-11-19(12-14)23(20,21)15-7-3-2-4-8-15/h9-10,14-15H,2-8,11-12H2,1H3/t14-/m1/s1. The summed E-state index contributed by atoms with van der Waals surface area (Å²) in [6, 6.07) is 3.64. The predicted octanol–water partition coefficient (Wildman–Crippen LogP) is 2.29. The molecule has 1 saturated carbocycles. The molecule has 2 heterocycles. The van der Waals surface area contributed by atoms with Crippen molar-refractivity contribution in [3.63, 3.8) is 0 Å². The smallest absolute Gasteiger partial charge is 0.233 e. The van der Waals surface area contributed by atoms with E-state index in [9.17, 15) is 8.42 Å². The molecule has 128 valence electrons. The monoisotopic (exact) mass is 339 g/mol. The first-order chi connectivity index (χ1) is 11.1. The molecule has 0 unspecified atom stereocenters. The van der Waals surface area contributed by atoms with Crippen LogP contribution in [0, 0.1) is 6.92 Å². The first kappa shape index (κ1) is 16.6. The third-order valence-corrected chi connectivity index (χ3v) is 7.10. The van der Waals surface area contributed by atoms with E-state index in [1.165, 1.54) is 0 Å². The van der Waals surface area contributed by atoms with Gasteiger partial charge in [-0.2, -0.15) is 9.40 Å². The molecule has 0 N–H and O–H groups in total. The fourth-order valence-corrected chi connectivity index (χ4v) is 5.53. The fraction of sp³-hybridized carbons (Fsp3) is 0.750. The number of hydrogen-bond donors (Lipinski definition) is 0. The molecule has 1 saturated heterocycles. The average molecular weight is 339 g/mol. The van der Waals surface area contributed by atoms with Crippen LogP contribution in [-0.4, -0.2) is 47.4 Å². The van der Waals surface area contributed by atoms with Gasteiger partial charge in [0.1, 0.15) is 6.10 Å². The highest BCUT2D eigenvalue weighted by molar-refractivity contribution is 7.89. The van der Waals surface area contributed by atoms with Crippen molar-refractivity contribution in [3.05, 3.63) is 17.8 Å². The zero-order valence-corrected chi connectivity index (χ0v) is 14.5. The van der Waals surface area contributed by atoms with Gasteiger partial charge in [-0.25, -0.2) is 8.42 Å². The molecule has 1 atom stereocenters. The number of rotatable bonds is 4. The highest BCUT2D eigenvalue weighted by Crippen LogP contribution is 2.28. The third-order valence-electron chi connectivity index (χ3n) is 4.74. The topological polar surface area (TPSA) is 72.4 Å². The quantitative estimate of drug-likeness (QED) is 0.841. The number of hydrogen-bond acceptors (Lipinski definition) is 5. The van der Waals surface area contributed by atoms with Gasteiger partial charge in [-0.15, -0.1) is 5.10 Å². The van der Waals surface area contributed by atoms with Crippen molar-refractivity contribution in [1.29, 1.82) is 0 Å². The van der Waals surface area contributed by atoms with Gasteiger partial charge in [0, 0.05) is 12.6 Å². The van der Waals surface area contributed by atoms with Gasteiger partial charge in [0.2, 0.25) is 15.9 Å². The lowest BCUT2D eigenvalue weighted by atomic mass is 10.0. The van der Waals surface area contributed by atoms with Crippen LogP contribution in [0.15, 0.2) is 12.1 Å². The molecule has 0 aromatic carbocycles. The number of sulfonamides is 1. The summed E-state index contributed by atoms with van der Waals surface area (Å²) in [5, 5.41) is 7.79. The number of ether oxygens (including phenoxy) is 1. The lowest BCUT2D eigenvalue weighted by Crippen LogP contribution is -2.48. The second-order valence-electron chi connectivity index (χ2n) is 6.56. The van der Waals surface area contributed by atoms with Crippen LogP contribution in [0.1, 0.15) is 50.6 Å². The van der Waals surface area contributed by atoms with Crippen LogP contribution in [0.2, 0.25) is 0 Å². The van der Waals surface area contributed by atoms with Crippen LogP contribution in [0.25, 0.3) is 0 Å². The molecule has 3 rings (SSSR count). The first-order valence-corrected chi connectivity index (χ1v) is 10.0. The second-order valence-corrected chi connectivity index (χ2v) is 8.77. The maximum atomic E-state index is 12.8. The van der Waals surface area contributed by atoms with Gasteiger partial charge >= 0.3 is 0 Å². The van der Waals surface area contributed by atoms with Crippen LogP contribution in [0.4, 0.5) is 0 Å². The molecule has 7 heteroatoms. The Morgan fingerprint density at radius 2 is 1.87 bits per heavy atom. The van der Waals surface area contributed by atoms with E-state index in [2.05, 4.69) is 10.2 Å². The zero-order valence-electron chi connectivity index (χ0n) is 13.6. The molecule has 0 amide bonds. The van der Waals surface area contributed by atoms with E-state index in [0.29, 0.717) is 19.0 Å². The van der Waals surface area contributed by atoms with Crippen molar-refractivity contribution < 1.29 is 13.2 Å². The molecule has 6 nitrogen and oxygen atoms in total. The van der Waals surface area contributed by atoms with E-state index in [4.69, 9.17) is 4.74 Å². The first-order valence-electron chi connectivity index (χ1n) is 8.51. The van der Waals surface area contributed by atoms with Crippen molar-refractivity contribution in [2.45, 2.75) is 63.2 Å². The molecule has 23 heavy (non-hydrogen) atoms. The summed E-state index contributed by atoms with van der Waals surface area (Å²) in [7, 11) is -3.20. The Hall–Kier alpha value is -1.21. The van der Waals surface area contributed by atoms with Crippen LogP contribution < -0.4 is 4.74 Å². The Labute approximate surface area is 138 Å². The number of nitrogens with zero attached hydrogens (tertiary/aromatic N) is 3. The lowest BCUT2D eigenvalue weighted by molar-refractivity contribution is 0.122. The van der Waals surface area contributed by atoms with E-state index >= 15 is 0 Å². The number of piperidine rings is 1. The van der Waals surface area contributed by atoms with Crippen molar-refractivity contribution >= 4 is 10.0 Å². The average Bonchev–Trinajstić information content (AvgIpc) is 2.58. The molecular weight excluding hydrogens is 314 g/mol.